The van der Waals surface area contributed by atoms with Crippen molar-refractivity contribution in [3.05, 3.63) is 16.5 Å². The molecule has 0 bridgehead atoms. The van der Waals surface area contributed by atoms with Gasteiger partial charge >= 0.3 is 0 Å². The lowest BCUT2D eigenvalue weighted by Gasteiger charge is -2.26. The molecule has 1 aromatic heterocycles. The fourth-order valence-electron chi connectivity index (χ4n) is 2.12. The number of carbonyl (C=O) groups is 1. The topological polar surface area (TPSA) is 54.5 Å². The molecule has 100 valence electrons. The van der Waals surface area contributed by atoms with Gasteiger partial charge in [-0.1, -0.05) is 0 Å². The van der Waals surface area contributed by atoms with Crippen LogP contribution in [0.1, 0.15) is 35.2 Å². The third kappa shape index (κ3) is 2.70. The fourth-order valence-corrected chi connectivity index (χ4v) is 4.66. The summed E-state index contributed by atoms with van der Waals surface area (Å²) in [5.41, 5.74) is 0.923. The first kappa shape index (κ1) is 13.8. The Labute approximate surface area is 115 Å². The quantitative estimate of drug-likeness (QED) is 0.789. The van der Waals surface area contributed by atoms with Gasteiger partial charge in [-0.05, 0) is 31.7 Å². The standard InChI is InChI=1S/C11H14ClNO3S2/c1-8-9(7-17-11(8)18(12,15)16)10(14)13-5-3-2-4-6-13/h7H,2-6H2,1H3. The first-order valence-corrected chi connectivity index (χ1v) is 8.92. The molecule has 2 rings (SSSR count). The van der Waals surface area contributed by atoms with Gasteiger partial charge in [0, 0.05) is 29.2 Å². The number of halogens is 1. The molecular weight excluding hydrogens is 294 g/mol. The molecule has 0 atom stereocenters. The first-order valence-electron chi connectivity index (χ1n) is 5.73. The number of rotatable bonds is 2. The van der Waals surface area contributed by atoms with Crippen LogP contribution >= 0.6 is 22.0 Å². The zero-order chi connectivity index (χ0) is 13.3. The number of nitrogens with zero attached hydrogens (tertiary/aromatic N) is 1. The molecule has 0 spiro atoms. The number of carbonyl (C=O) groups excluding carboxylic acids is 1. The minimum atomic E-state index is -3.76. The van der Waals surface area contributed by atoms with E-state index in [0.717, 1.165) is 43.7 Å². The SMILES string of the molecule is Cc1c(C(=O)N2CCCCC2)csc1S(=O)(=O)Cl. The summed E-state index contributed by atoms with van der Waals surface area (Å²) in [6, 6.07) is 0. The molecule has 0 aromatic carbocycles. The van der Waals surface area contributed by atoms with Crippen LogP contribution in [0.3, 0.4) is 0 Å². The van der Waals surface area contributed by atoms with E-state index >= 15 is 0 Å². The van der Waals surface area contributed by atoms with Crippen molar-refractivity contribution in [3.8, 4) is 0 Å². The number of hydrogen-bond donors (Lipinski definition) is 0. The van der Waals surface area contributed by atoms with Gasteiger partial charge in [0.05, 0.1) is 5.56 Å². The summed E-state index contributed by atoms with van der Waals surface area (Å²) in [6.07, 6.45) is 3.17. The van der Waals surface area contributed by atoms with Crippen LogP contribution in [-0.2, 0) is 9.05 Å². The van der Waals surface area contributed by atoms with Crippen LogP contribution in [0.15, 0.2) is 9.59 Å². The van der Waals surface area contributed by atoms with E-state index in [0.29, 0.717) is 11.1 Å². The van der Waals surface area contributed by atoms with Crippen molar-refractivity contribution in [1.29, 1.82) is 0 Å². The van der Waals surface area contributed by atoms with Crippen molar-refractivity contribution < 1.29 is 13.2 Å². The molecule has 0 aliphatic carbocycles. The Kier molecular flexibility index (Phi) is 3.99. The Morgan fingerprint density at radius 3 is 2.44 bits per heavy atom. The molecule has 1 amide bonds. The average molecular weight is 308 g/mol. The van der Waals surface area contributed by atoms with E-state index in [-0.39, 0.29) is 10.1 Å². The maximum Gasteiger partial charge on any atom is 0.271 e. The molecule has 7 heteroatoms. The summed E-state index contributed by atoms with van der Waals surface area (Å²) in [5.74, 6) is -0.0879. The lowest BCUT2D eigenvalue weighted by Crippen LogP contribution is -2.35. The van der Waals surface area contributed by atoms with Crippen LogP contribution in [-0.4, -0.2) is 32.3 Å². The zero-order valence-corrected chi connectivity index (χ0v) is 12.4. The summed E-state index contributed by atoms with van der Waals surface area (Å²) in [5, 5.41) is 1.58. The number of amides is 1. The van der Waals surface area contributed by atoms with Crippen LogP contribution < -0.4 is 0 Å². The molecule has 1 aliphatic heterocycles. The van der Waals surface area contributed by atoms with Crippen LogP contribution in [0.25, 0.3) is 0 Å². The minimum Gasteiger partial charge on any atom is -0.339 e. The van der Waals surface area contributed by atoms with Crippen molar-refractivity contribution in [3.63, 3.8) is 0 Å². The Morgan fingerprint density at radius 1 is 1.33 bits per heavy atom. The van der Waals surface area contributed by atoms with Crippen LogP contribution in [0.4, 0.5) is 0 Å². The van der Waals surface area contributed by atoms with Gasteiger partial charge in [0.25, 0.3) is 15.0 Å². The maximum atomic E-state index is 12.3. The largest absolute Gasteiger partial charge is 0.339 e. The Morgan fingerprint density at radius 2 is 1.94 bits per heavy atom. The minimum absolute atomic E-state index is 0.0736. The molecule has 1 aliphatic rings. The van der Waals surface area contributed by atoms with E-state index in [1.165, 1.54) is 0 Å². The highest BCUT2D eigenvalue weighted by Gasteiger charge is 2.25. The second-order valence-electron chi connectivity index (χ2n) is 4.35. The zero-order valence-electron chi connectivity index (χ0n) is 9.98. The van der Waals surface area contributed by atoms with E-state index in [9.17, 15) is 13.2 Å². The van der Waals surface area contributed by atoms with Gasteiger partial charge in [-0.15, -0.1) is 11.3 Å². The van der Waals surface area contributed by atoms with Crippen molar-refractivity contribution in [2.24, 2.45) is 0 Å². The molecule has 0 unspecified atom stereocenters. The lowest BCUT2D eigenvalue weighted by atomic mass is 10.1. The van der Waals surface area contributed by atoms with E-state index in [1.54, 1.807) is 17.2 Å². The third-order valence-electron chi connectivity index (χ3n) is 3.09. The van der Waals surface area contributed by atoms with Crippen LogP contribution in [0.2, 0.25) is 0 Å². The third-order valence-corrected chi connectivity index (χ3v) is 6.40. The van der Waals surface area contributed by atoms with Gasteiger partial charge in [-0.2, -0.15) is 0 Å². The van der Waals surface area contributed by atoms with Gasteiger partial charge in [-0.25, -0.2) is 8.42 Å². The van der Waals surface area contributed by atoms with Crippen molar-refractivity contribution in [2.75, 3.05) is 13.1 Å². The molecule has 4 nitrogen and oxygen atoms in total. The predicted molar refractivity (Wildman–Crippen MR) is 71.8 cm³/mol. The Hall–Kier alpha value is -0.590. The van der Waals surface area contributed by atoms with E-state index in [1.807, 2.05) is 0 Å². The van der Waals surface area contributed by atoms with Crippen LogP contribution in [0.5, 0.6) is 0 Å². The average Bonchev–Trinajstić information content (AvgIpc) is 2.71. The highest BCUT2D eigenvalue weighted by atomic mass is 35.7. The van der Waals surface area contributed by atoms with Crippen LogP contribution in [0, 0.1) is 6.92 Å². The molecule has 2 heterocycles. The second-order valence-corrected chi connectivity index (χ2v) is 7.99. The maximum absolute atomic E-state index is 12.3. The van der Waals surface area contributed by atoms with Gasteiger partial charge in [0.1, 0.15) is 4.21 Å². The van der Waals surface area contributed by atoms with Crippen molar-refractivity contribution in [2.45, 2.75) is 30.4 Å². The summed E-state index contributed by atoms with van der Waals surface area (Å²) in [7, 11) is 1.57. The van der Waals surface area contributed by atoms with Gasteiger partial charge in [-0.3, -0.25) is 4.79 Å². The molecule has 0 N–H and O–H groups in total. The fraction of sp³-hybridized carbons (Fsp3) is 0.545. The molecule has 0 radical (unpaired) electrons. The summed E-state index contributed by atoms with van der Waals surface area (Å²) in [6.45, 7) is 3.12. The monoisotopic (exact) mass is 307 g/mol. The van der Waals surface area contributed by atoms with E-state index in [4.69, 9.17) is 10.7 Å². The molecule has 1 saturated heterocycles. The molecule has 0 saturated carbocycles. The molecule has 1 aromatic rings. The Bertz CT molecular complexity index is 559. The summed E-state index contributed by atoms with van der Waals surface area (Å²) >= 11 is 1.01. The van der Waals surface area contributed by atoms with Crippen molar-refractivity contribution >= 4 is 37.0 Å². The van der Waals surface area contributed by atoms with E-state index in [2.05, 4.69) is 0 Å². The lowest BCUT2D eigenvalue weighted by molar-refractivity contribution is 0.0724. The smallest absolute Gasteiger partial charge is 0.271 e. The molecule has 18 heavy (non-hydrogen) atoms. The Balaban J connectivity index is 2.29. The van der Waals surface area contributed by atoms with Crippen molar-refractivity contribution in [1.82, 2.24) is 4.90 Å². The number of thiophene rings is 1. The second kappa shape index (κ2) is 5.19. The highest BCUT2D eigenvalue weighted by molar-refractivity contribution is 8.15. The first-order chi connectivity index (χ1) is 8.41. The predicted octanol–water partition coefficient (Wildman–Crippen LogP) is 2.61. The summed E-state index contributed by atoms with van der Waals surface area (Å²) < 4.78 is 22.7. The van der Waals surface area contributed by atoms with Gasteiger partial charge in [0.2, 0.25) is 0 Å². The molecule has 1 fully saturated rings. The number of piperidine rings is 1. The number of likely N-dealkylation sites (tertiary alicyclic amines) is 1. The number of hydrogen-bond acceptors (Lipinski definition) is 4. The van der Waals surface area contributed by atoms with E-state index < -0.39 is 9.05 Å². The summed E-state index contributed by atoms with van der Waals surface area (Å²) in [4.78, 5) is 14.0. The normalized spacial score (nSPS) is 16.9. The highest BCUT2D eigenvalue weighted by Crippen LogP contribution is 2.30. The molecular formula is C11H14ClNO3S2. The van der Waals surface area contributed by atoms with Gasteiger partial charge < -0.3 is 4.90 Å². The van der Waals surface area contributed by atoms with Gasteiger partial charge in [0.15, 0.2) is 0 Å².